The molecule has 0 bridgehead atoms. The molecule has 0 spiro atoms. The van der Waals surface area contributed by atoms with Gasteiger partial charge in [0.05, 0.1) is 18.9 Å². The summed E-state index contributed by atoms with van der Waals surface area (Å²) < 4.78 is 24.1. The van der Waals surface area contributed by atoms with E-state index in [0.717, 1.165) is 4.90 Å². The molecule has 1 heterocycles. The maximum Gasteiger partial charge on any atom is 0.329 e. The summed E-state index contributed by atoms with van der Waals surface area (Å²) in [5.41, 5.74) is 0.376. The van der Waals surface area contributed by atoms with Crippen molar-refractivity contribution in [1.29, 1.82) is 0 Å². The Morgan fingerprint density at radius 2 is 1.79 bits per heavy atom. The highest BCUT2D eigenvalue weighted by Gasteiger charge is 2.51. The summed E-state index contributed by atoms with van der Waals surface area (Å²) in [5.74, 6) is -2.11. The Hall–Kier alpha value is -2.70. The molecule has 2 aliphatic rings. The van der Waals surface area contributed by atoms with Gasteiger partial charge >= 0.3 is 5.97 Å². The number of halogens is 1. The molecule has 0 aromatic heterocycles. The quantitative estimate of drug-likeness (QED) is 0.397. The summed E-state index contributed by atoms with van der Waals surface area (Å²) in [6.45, 7) is 3.62. The Labute approximate surface area is 169 Å². The highest BCUT2D eigenvalue weighted by molar-refractivity contribution is 6.08. The zero-order valence-corrected chi connectivity index (χ0v) is 16.9. The molecule has 2 amide bonds. The lowest BCUT2D eigenvalue weighted by Gasteiger charge is -2.26. The number of nitrogens with zero attached hydrogens (tertiary/aromatic N) is 1. The first-order valence-corrected chi connectivity index (χ1v) is 9.84. The van der Waals surface area contributed by atoms with E-state index in [9.17, 15) is 18.8 Å². The summed E-state index contributed by atoms with van der Waals surface area (Å²) in [7, 11) is 1.44. The minimum Gasteiger partial charge on any atom is -0.496 e. The number of benzene rings is 1. The fourth-order valence-electron chi connectivity index (χ4n) is 3.99. The topological polar surface area (TPSA) is 72.9 Å². The zero-order chi connectivity index (χ0) is 21.1. The summed E-state index contributed by atoms with van der Waals surface area (Å²) in [6, 6.07) is 2.95. The lowest BCUT2D eigenvalue weighted by molar-refractivity contribution is -0.160. The first-order chi connectivity index (χ1) is 13.8. The Morgan fingerprint density at radius 3 is 2.34 bits per heavy atom. The molecule has 1 aliphatic heterocycles. The minimum absolute atomic E-state index is 0.0672. The van der Waals surface area contributed by atoms with E-state index in [0.29, 0.717) is 30.6 Å². The molecule has 3 atom stereocenters. The average molecular weight is 403 g/mol. The summed E-state index contributed by atoms with van der Waals surface area (Å²) in [5, 5.41) is 0. The van der Waals surface area contributed by atoms with Crippen molar-refractivity contribution >= 4 is 17.8 Å². The minimum atomic E-state index is -0.986. The second-order valence-corrected chi connectivity index (χ2v) is 7.91. The number of imide groups is 1. The van der Waals surface area contributed by atoms with Gasteiger partial charge in [-0.1, -0.05) is 26.0 Å². The predicted molar refractivity (Wildman–Crippen MR) is 103 cm³/mol. The lowest BCUT2D eigenvalue weighted by Crippen LogP contribution is -2.47. The molecule has 1 fully saturated rings. The van der Waals surface area contributed by atoms with Crippen molar-refractivity contribution in [2.75, 3.05) is 7.11 Å². The number of allylic oxidation sites excluding steroid dienone is 2. The first kappa shape index (κ1) is 21.0. The molecule has 1 saturated heterocycles. The van der Waals surface area contributed by atoms with Crippen molar-refractivity contribution in [2.45, 2.75) is 45.8 Å². The van der Waals surface area contributed by atoms with Crippen LogP contribution in [0.2, 0.25) is 0 Å². The number of esters is 1. The fraction of sp³-hybridized carbons (Fsp3) is 0.500. The van der Waals surface area contributed by atoms with Gasteiger partial charge in [0.15, 0.2) is 0 Å². The van der Waals surface area contributed by atoms with Crippen LogP contribution in [-0.2, 0) is 25.7 Å². The van der Waals surface area contributed by atoms with Crippen molar-refractivity contribution in [2.24, 2.45) is 17.8 Å². The number of carbonyl (C=O) groups excluding carboxylic acids is 3. The molecule has 1 aliphatic carbocycles. The van der Waals surface area contributed by atoms with Crippen LogP contribution in [-0.4, -0.2) is 35.8 Å². The number of hydrogen-bond acceptors (Lipinski definition) is 5. The van der Waals surface area contributed by atoms with Gasteiger partial charge in [0.25, 0.3) is 0 Å². The van der Waals surface area contributed by atoms with Crippen molar-refractivity contribution in [3.63, 3.8) is 0 Å². The van der Waals surface area contributed by atoms with E-state index in [4.69, 9.17) is 9.47 Å². The van der Waals surface area contributed by atoms with Crippen molar-refractivity contribution in [3.8, 4) is 5.75 Å². The normalized spacial score (nSPS) is 22.0. The number of ether oxygens (including phenoxy) is 2. The van der Waals surface area contributed by atoms with E-state index < -0.39 is 29.7 Å². The monoisotopic (exact) mass is 403 g/mol. The molecule has 0 saturated carbocycles. The van der Waals surface area contributed by atoms with E-state index in [1.807, 2.05) is 26.0 Å². The van der Waals surface area contributed by atoms with E-state index >= 15 is 0 Å². The molecular formula is C22H26FNO5. The van der Waals surface area contributed by atoms with E-state index in [2.05, 4.69) is 0 Å². The zero-order valence-electron chi connectivity index (χ0n) is 16.9. The first-order valence-electron chi connectivity index (χ1n) is 9.84. The van der Waals surface area contributed by atoms with Gasteiger partial charge in [-0.2, -0.15) is 0 Å². The van der Waals surface area contributed by atoms with Crippen LogP contribution in [0.3, 0.4) is 0 Å². The van der Waals surface area contributed by atoms with Crippen LogP contribution in [0.4, 0.5) is 4.39 Å². The fourth-order valence-corrected chi connectivity index (χ4v) is 3.99. The van der Waals surface area contributed by atoms with E-state index in [1.165, 1.54) is 25.3 Å². The number of carbonyl (C=O) groups is 3. The molecule has 1 aromatic rings. The molecule has 29 heavy (non-hydrogen) atoms. The Morgan fingerprint density at radius 1 is 1.17 bits per heavy atom. The Bertz CT molecular complexity index is 808. The van der Waals surface area contributed by atoms with Crippen molar-refractivity contribution in [1.82, 2.24) is 4.90 Å². The van der Waals surface area contributed by atoms with E-state index in [-0.39, 0.29) is 24.3 Å². The number of fused-ring (bicyclic) bond motifs is 1. The van der Waals surface area contributed by atoms with Gasteiger partial charge in [0.2, 0.25) is 11.8 Å². The molecule has 0 radical (unpaired) electrons. The van der Waals surface area contributed by atoms with Gasteiger partial charge in [-0.25, -0.2) is 9.18 Å². The van der Waals surface area contributed by atoms with Crippen LogP contribution in [0.5, 0.6) is 5.75 Å². The third-order valence-electron chi connectivity index (χ3n) is 5.43. The van der Waals surface area contributed by atoms with Crippen LogP contribution in [0, 0.1) is 23.6 Å². The molecule has 7 heteroatoms. The second kappa shape index (κ2) is 8.76. The average Bonchev–Trinajstić information content (AvgIpc) is 2.95. The smallest absolute Gasteiger partial charge is 0.329 e. The summed E-state index contributed by atoms with van der Waals surface area (Å²) in [4.78, 5) is 39.8. The highest BCUT2D eigenvalue weighted by Crippen LogP contribution is 2.37. The van der Waals surface area contributed by atoms with E-state index in [1.54, 1.807) is 0 Å². The number of rotatable bonds is 7. The van der Waals surface area contributed by atoms with Gasteiger partial charge in [0, 0.05) is 5.56 Å². The van der Waals surface area contributed by atoms with Crippen LogP contribution in [0.15, 0.2) is 30.4 Å². The van der Waals surface area contributed by atoms with Crippen LogP contribution >= 0.6 is 0 Å². The molecule has 6 nitrogen and oxygen atoms in total. The van der Waals surface area contributed by atoms with Gasteiger partial charge in [0.1, 0.15) is 24.2 Å². The standard InChI is InChI=1S/C22H26FNO5/c1-13(2)10-18(24-20(25)16-6-4-5-7-17(16)21(24)26)22(27)29-12-14-11-15(23)8-9-19(14)28-3/h4-5,8-9,11,13,16-18H,6-7,10,12H2,1-3H3/t16-,17-,18+/m1/s1. The number of hydrogen-bond donors (Lipinski definition) is 0. The third-order valence-corrected chi connectivity index (χ3v) is 5.43. The highest BCUT2D eigenvalue weighted by atomic mass is 19.1. The van der Waals surface area contributed by atoms with Crippen LogP contribution in [0.25, 0.3) is 0 Å². The van der Waals surface area contributed by atoms with Crippen LogP contribution < -0.4 is 4.74 Å². The SMILES string of the molecule is COc1ccc(F)cc1COC(=O)[C@H](CC(C)C)N1C(=O)[C@@H]2CC=CC[C@H]2C1=O. The number of likely N-dealkylation sites (tertiary alicyclic amines) is 1. The van der Waals surface area contributed by atoms with Crippen molar-refractivity contribution in [3.05, 3.63) is 41.7 Å². The lowest BCUT2D eigenvalue weighted by atomic mass is 9.85. The Balaban J connectivity index is 1.78. The molecular weight excluding hydrogens is 377 g/mol. The van der Waals surface area contributed by atoms with Gasteiger partial charge < -0.3 is 9.47 Å². The maximum absolute atomic E-state index is 13.6. The number of methoxy groups -OCH3 is 1. The maximum atomic E-state index is 13.6. The van der Waals surface area contributed by atoms with Gasteiger partial charge in [-0.15, -0.1) is 0 Å². The third kappa shape index (κ3) is 4.33. The molecule has 3 rings (SSSR count). The molecule has 156 valence electrons. The van der Waals surface area contributed by atoms with Gasteiger partial charge in [-0.3, -0.25) is 14.5 Å². The largest absolute Gasteiger partial charge is 0.496 e. The molecule has 0 N–H and O–H groups in total. The predicted octanol–water partition coefficient (Wildman–Crippen LogP) is 3.24. The second-order valence-electron chi connectivity index (χ2n) is 7.91. The summed E-state index contributed by atoms with van der Waals surface area (Å²) in [6.07, 6.45) is 5.14. The van der Waals surface area contributed by atoms with Gasteiger partial charge in [-0.05, 0) is 43.4 Å². The molecule has 1 aromatic carbocycles. The number of amides is 2. The molecule has 0 unspecified atom stereocenters. The Kier molecular flexibility index (Phi) is 6.35. The summed E-state index contributed by atoms with van der Waals surface area (Å²) >= 11 is 0. The van der Waals surface area contributed by atoms with Crippen molar-refractivity contribution < 1.29 is 28.2 Å². The van der Waals surface area contributed by atoms with Crippen LogP contribution in [0.1, 0.15) is 38.7 Å².